The van der Waals surface area contributed by atoms with Crippen molar-refractivity contribution in [1.82, 2.24) is 5.32 Å². The van der Waals surface area contributed by atoms with Crippen LogP contribution in [0.1, 0.15) is 47.3 Å². The van der Waals surface area contributed by atoms with E-state index >= 15 is 0 Å². The van der Waals surface area contributed by atoms with E-state index in [9.17, 15) is 5.11 Å². The smallest absolute Gasteiger partial charge is 0.105 e. The van der Waals surface area contributed by atoms with Gasteiger partial charge in [-0.3, -0.25) is 0 Å². The average molecular weight is 284 g/mol. The van der Waals surface area contributed by atoms with Crippen molar-refractivity contribution in [1.29, 1.82) is 5.26 Å². The highest BCUT2D eigenvalue weighted by atomic mass is 16.3. The van der Waals surface area contributed by atoms with Gasteiger partial charge in [0, 0.05) is 18.2 Å². The number of nitriles is 1. The van der Waals surface area contributed by atoms with Gasteiger partial charge in [0.1, 0.15) is 11.5 Å². The molecule has 1 aromatic heterocycles. The molecule has 0 fully saturated rings. The summed E-state index contributed by atoms with van der Waals surface area (Å²) < 4.78 is 5.52. The van der Waals surface area contributed by atoms with Crippen LogP contribution in [-0.4, -0.2) is 11.7 Å². The summed E-state index contributed by atoms with van der Waals surface area (Å²) in [7, 11) is 0. The lowest BCUT2D eigenvalue weighted by Gasteiger charge is -2.17. The van der Waals surface area contributed by atoms with Crippen LogP contribution in [0.2, 0.25) is 0 Å². The third kappa shape index (κ3) is 3.72. The number of nitrogens with zero attached hydrogens (tertiary/aromatic N) is 1. The molecule has 0 saturated heterocycles. The molecule has 2 atom stereocenters. The minimum atomic E-state index is -0.603. The molecule has 0 saturated carbocycles. The van der Waals surface area contributed by atoms with E-state index in [0.29, 0.717) is 12.1 Å². The molecule has 1 aromatic carbocycles. The third-order valence-corrected chi connectivity index (χ3v) is 3.59. The third-order valence-electron chi connectivity index (χ3n) is 3.59. The van der Waals surface area contributed by atoms with Crippen molar-refractivity contribution in [2.75, 3.05) is 6.54 Å². The second-order valence-corrected chi connectivity index (χ2v) is 5.25. The Morgan fingerprint density at radius 2 is 1.95 bits per heavy atom. The molecular formula is C17H20N2O2. The van der Waals surface area contributed by atoms with Gasteiger partial charge in [-0.2, -0.15) is 5.26 Å². The van der Waals surface area contributed by atoms with Gasteiger partial charge >= 0.3 is 0 Å². The first-order valence-electron chi connectivity index (χ1n) is 6.99. The fourth-order valence-corrected chi connectivity index (χ4v) is 2.38. The van der Waals surface area contributed by atoms with Gasteiger partial charge in [-0.05, 0) is 44.5 Å². The van der Waals surface area contributed by atoms with Crippen LogP contribution < -0.4 is 5.32 Å². The second kappa shape index (κ2) is 6.57. The zero-order valence-corrected chi connectivity index (χ0v) is 12.6. The summed E-state index contributed by atoms with van der Waals surface area (Å²) in [5, 5.41) is 22.3. The van der Waals surface area contributed by atoms with Crippen LogP contribution in [0.4, 0.5) is 0 Å². The number of furan rings is 1. The number of hydrogen-bond acceptors (Lipinski definition) is 4. The maximum Gasteiger partial charge on any atom is 0.105 e. The van der Waals surface area contributed by atoms with Crippen molar-refractivity contribution in [3.63, 3.8) is 0 Å². The topological polar surface area (TPSA) is 69.2 Å². The molecule has 2 rings (SSSR count). The summed E-state index contributed by atoms with van der Waals surface area (Å²) in [6.45, 7) is 6.35. The number of aryl methyl sites for hydroxylation is 2. The first-order valence-corrected chi connectivity index (χ1v) is 6.99. The van der Waals surface area contributed by atoms with Crippen LogP contribution in [0, 0.1) is 25.2 Å². The summed E-state index contributed by atoms with van der Waals surface area (Å²) in [5.74, 6) is 1.80. The van der Waals surface area contributed by atoms with E-state index in [1.165, 1.54) is 0 Å². The highest BCUT2D eigenvalue weighted by molar-refractivity contribution is 5.32. The molecule has 4 nitrogen and oxygen atoms in total. The van der Waals surface area contributed by atoms with Crippen LogP contribution in [0.3, 0.4) is 0 Å². The second-order valence-electron chi connectivity index (χ2n) is 5.25. The Kier molecular flexibility index (Phi) is 4.79. The average Bonchev–Trinajstić information content (AvgIpc) is 2.83. The Hall–Kier alpha value is -2.09. The van der Waals surface area contributed by atoms with Crippen molar-refractivity contribution in [3.8, 4) is 6.07 Å². The molecule has 0 amide bonds. The van der Waals surface area contributed by atoms with E-state index in [2.05, 4.69) is 11.4 Å². The van der Waals surface area contributed by atoms with Gasteiger partial charge in [-0.1, -0.05) is 12.1 Å². The van der Waals surface area contributed by atoms with Crippen molar-refractivity contribution in [2.45, 2.75) is 32.9 Å². The number of nitrogens with one attached hydrogen (secondary N) is 1. The van der Waals surface area contributed by atoms with Gasteiger partial charge in [-0.15, -0.1) is 0 Å². The number of hydrogen-bond donors (Lipinski definition) is 2. The van der Waals surface area contributed by atoms with Gasteiger partial charge in [-0.25, -0.2) is 0 Å². The van der Waals surface area contributed by atoms with E-state index in [1.807, 2.05) is 26.8 Å². The Bertz CT molecular complexity index is 638. The molecule has 2 unspecified atom stereocenters. The van der Waals surface area contributed by atoms with Crippen molar-refractivity contribution >= 4 is 0 Å². The predicted molar refractivity (Wildman–Crippen MR) is 80.7 cm³/mol. The van der Waals surface area contributed by atoms with E-state index in [4.69, 9.17) is 9.68 Å². The number of aliphatic hydroxyl groups excluding tert-OH is 1. The molecule has 1 heterocycles. The Morgan fingerprint density at radius 3 is 2.48 bits per heavy atom. The molecule has 0 radical (unpaired) electrons. The summed E-state index contributed by atoms with van der Waals surface area (Å²) in [5.41, 5.74) is 2.50. The van der Waals surface area contributed by atoms with E-state index in [0.717, 1.165) is 22.6 Å². The summed E-state index contributed by atoms with van der Waals surface area (Å²) in [4.78, 5) is 0. The summed E-state index contributed by atoms with van der Waals surface area (Å²) in [6, 6.07) is 11.2. The highest BCUT2D eigenvalue weighted by Gasteiger charge is 2.14. The van der Waals surface area contributed by atoms with Crippen molar-refractivity contribution in [2.24, 2.45) is 0 Å². The van der Waals surface area contributed by atoms with Crippen molar-refractivity contribution in [3.05, 3.63) is 58.5 Å². The lowest BCUT2D eigenvalue weighted by Crippen LogP contribution is -2.24. The molecular weight excluding hydrogens is 264 g/mol. The zero-order chi connectivity index (χ0) is 15.4. The fraction of sp³-hybridized carbons (Fsp3) is 0.353. The summed E-state index contributed by atoms with van der Waals surface area (Å²) >= 11 is 0. The molecule has 110 valence electrons. The van der Waals surface area contributed by atoms with Gasteiger partial charge < -0.3 is 14.8 Å². The summed E-state index contributed by atoms with van der Waals surface area (Å²) in [6.07, 6.45) is -0.603. The zero-order valence-electron chi connectivity index (χ0n) is 12.6. The molecule has 21 heavy (non-hydrogen) atoms. The standard InChI is InChI=1S/C17H20N2O2/c1-11-8-16(13(3)21-11)12(2)19-10-17(20)15-6-4-14(9-18)5-7-15/h4-8,12,17,19-20H,10H2,1-3H3. The van der Waals surface area contributed by atoms with Crippen LogP contribution >= 0.6 is 0 Å². The molecule has 2 aromatic rings. The van der Waals surface area contributed by atoms with E-state index in [1.54, 1.807) is 24.3 Å². The van der Waals surface area contributed by atoms with Gasteiger partial charge in [0.05, 0.1) is 17.7 Å². The molecule has 2 N–H and O–H groups in total. The molecule has 4 heteroatoms. The highest BCUT2D eigenvalue weighted by Crippen LogP contribution is 2.22. The Labute approximate surface area is 125 Å². The monoisotopic (exact) mass is 284 g/mol. The molecule has 0 aliphatic heterocycles. The van der Waals surface area contributed by atoms with Crippen LogP contribution in [0.15, 0.2) is 34.7 Å². The normalized spacial score (nSPS) is 13.7. The number of benzene rings is 1. The molecule has 0 aliphatic carbocycles. The first kappa shape index (κ1) is 15.3. The SMILES string of the molecule is Cc1cc(C(C)NCC(O)c2ccc(C#N)cc2)c(C)o1. The van der Waals surface area contributed by atoms with Crippen molar-refractivity contribution < 1.29 is 9.52 Å². The Balaban J connectivity index is 1.95. The molecule has 0 bridgehead atoms. The minimum Gasteiger partial charge on any atom is -0.466 e. The lowest BCUT2D eigenvalue weighted by molar-refractivity contribution is 0.170. The Morgan fingerprint density at radius 1 is 1.29 bits per heavy atom. The van der Waals surface area contributed by atoms with Gasteiger partial charge in [0.2, 0.25) is 0 Å². The minimum absolute atomic E-state index is 0.107. The van der Waals surface area contributed by atoms with Crippen LogP contribution in [-0.2, 0) is 0 Å². The van der Waals surface area contributed by atoms with Gasteiger partial charge in [0.15, 0.2) is 0 Å². The van der Waals surface area contributed by atoms with Gasteiger partial charge in [0.25, 0.3) is 0 Å². The maximum atomic E-state index is 10.2. The molecule has 0 spiro atoms. The first-order chi connectivity index (χ1) is 10.0. The predicted octanol–water partition coefficient (Wildman–Crippen LogP) is 3.15. The number of rotatable bonds is 5. The van der Waals surface area contributed by atoms with Crippen LogP contribution in [0.25, 0.3) is 0 Å². The fourth-order valence-electron chi connectivity index (χ4n) is 2.38. The van der Waals surface area contributed by atoms with E-state index < -0.39 is 6.10 Å². The maximum absolute atomic E-state index is 10.2. The number of aliphatic hydroxyl groups is 1. The van der Waals surface area contributed by atoms with E-state index in [-0.39, 0.29) is 6.04 Å². The largest absolute Gasteiger partial charge is 0.466 e. The van der Waals surface area contributed by atoms with Crippen LogP contribution in [0.5, 0.6) is 0 Å². The quantitative estimate of drug-likeness (QED) is 0.885. The molecule has 0 aliphatic rings. The lowest BCUT2D eigenvalue weighted by atomic mass is 10.1.